The predicted molar refractivity (Wildman–Crippen MR) is 64.6 cm³/mol. The van der Waals surface area contributed by atoms with E-state index in [9.17, 15) is 4.79 Å². The number of hydrogen-bond acceptors (Lipinski definition) is 4. The molecule has 92 valence electrons. The largest absolute Gasteiger partial charge is 0.477 e. The number of rotatable bonds is 5. The molecule has 0 radical (unpaired) electrons. The first kappa shape index (κ1) is 14.5. The number of carbonyl (C=O) groups is 1. The molecule has 0 aromatic heterocycles. The zero-order chi connectivity index (χ0) is 12.9. The number of carboxylic acid groups (broad SMARTS) is 1. The van der Waals surface area contributed by atoms with Crippen molar-refractivity contribution in [3.05, 3.63) is 11.4 Å². The van der Waals surface area contributed by atoms with Crippen molar-refractivity contribution < 1.29 is 9.90 Å². The van der Waals surface area contributed by atoms with Crippen LogP contribution in [0.1, 0.15) is 27.7 Å². The van der Waals surface area contributed by atoms with Crippen LogP contribution in [-0.4, -0.2) is 30.4 Å². The van der Waals surface area contributed by atoms with Gasteiger partial charge < -0.3 is 15.7 Å². The van der Waals surface area contributed by atoms with E-state index in [-0.39, 0.29) is 5.71 Å². The number of aliphatic carboxylic acids is 1. The number of carboxylic acids is 1. The van der Waals surface area contributed by atoms with E-state index in [1.807, 2.05) is 27.7 Å². The SMILES string of the molecule is CCN/C(NC)=C(\C(=N)C(=O)O)C(C)(C)C. The molecule has 0 atom stereocenters. The lowest BCUT2D eigenvalue weighted by Gasteiger charge is -2.26. The predicted octanol–water partition coefficient (Wildman–Crippen LogP) is 1.18. The standard InChI is InChI=1S/C11H21N3O2/c1-6-14-9(13-5)7(11(2,3)4)8(12)10(15)16/h12-14H,6H2,1-5H3,(H,15,16)/b9-7+,12-8?. The molecular weight excluding hydrogens is 206 g/mol. The number of hydrogen-bond donors (Lipinski definition) is 4. The van der Waals surface area contributed by atoms with Gasteiger partial charge in [-0.25, -0.2) is 4.79 Å². The Morgan fingerprint density at radius 2 is 1.88 bits per heavy atom. The van der Waals surface area contributed by atoms with Gasteiger partial charge in [0.25, 0.3) is 0 Å². The van der Waals surface area contributed by atoms with Crippen LogP contribution in [0.3, 0.4) is 0 Å². The zero-order valence-corrected chi connectivity index (χ0v) is 10.6. The molecule has 0 rings (SSSR count). The van der Waals surface area contributed by atoms with Crippen molar-refractivity contribution in [1.82, 2.24) is 10.6 Å². The molecule has 0 aromatic carbocycles. The lowest BCUT2D eigenvalue weighted by atomic mass is 9.83. The Morgan fingerprint density at radius 1 is 1.38 bits per heavy atom. The van der Waals surface area contributed by atoms with Crippen molar-refractivity contribution in [2.75, 3.05) is 13.6 Å². The average molecular weight is 227 g/mol. The van der Waals surface area contributed by atoms with E-state index >= 15 is 0 Å². The van der Waals surface area contributed by atoms with Crippen LogP contribution >= 0.6 is 0 Å². The van der Waals surface area contributed by atoms with Gasteiger partial charge in [-0.05, 0) is 12.3 Å². The van der Waals surface area contributed by atoms with Crippen LogP contribution in [0, 0.1) is 10.8 Å². The fourth-order valence-electron chi connectivity index (χ4n) is 1.46. The van der Waals surface area contributed by atoms with Gasteiger partial charge in [0.1, 0.15) is 11.5 Å². The maximum Gasteiger partial charge on any atom is 0.354 e. The summed E-state index contributed by atoms with van der Waals surface area (Å²) in [6, 6.07) is 0. The Kier molecular flexibility index (Phi) is 5.01. The Hall–Kier alpha value is -1.52. The van der Waals surface area contributed by atoms with Gasteiger partial charge in [-0.15, -0.1) is 0 Å². The topological polar surface area (TPSA) is 85.2 Å². The Balaban J connectivity index is 5.54. The highest BCUT2D eigenvalue weighted by molar-refractivity contribution is 6.41. The second-order valence-corrected chi connectivity index (χ2v) is 4.46. The molecule has 0 bridgehead atoms. The molecule has 4 N–H and O–H groups in total. The molecule has 0 heterocycles. The van der Waals surface area contributed by atoms with Gasteiger partial charge in [-0.3, -0.25) is 5.41 Å². The average Bonchev–Trinajstić information content (AvgIpc) is 2.14. The zero-order valence-electron chi connectivity index (χ0n) is 10.6. The quantitative estimate of drug-likeness (QED) is 0.531. The summed E-state index contributed by atoms with van der Waals surface area (Å²) in [5.41, 5.74) is -0.308. The van der Waals surface area contributed by atoms with Crippen LogP contribution in [-0.2, 0) is 4.79 Å². The van der Waals surface area contributed by atoms with Crippen LogP contribution in [0.4, 0.5) is 0 Å². The molecule has 0 amide bonds. The highest BCUT2D eigenvalue weighted by Gasteiger charge is 2.28. The van der Waals surface area contributed by atoms with E-state index in [0.717, 1.165) is 0 Å². The van der Waals surface area contributed by atoms with E-state index in [0.29, 0.717) is 17.9 Å². The fraction of sp³-hybridized carbons (Fsp3) is 0.636. The normalized spacial score (nSPS) is 12.8. The molecule has 0 unspecified atom stereocenters. The molecule has 0 spiro atoms. The van der Waals surface area contributed by atoms with Crippen molar-refractivity contribution in [3.8, 4) is 0 Å². The monoisotopic (exact) mass is 227 g/mol. The van der Waals surface area contributed by atoms with Gasteiger partial charge in [0.05, 0.1) is 0 Å². The molecule has 5 nitrogen and oxygen atoms in total. The Morgan fingerprint density at radius 3 is 2.12 bits per heavy atom. The molecule has 0 aromatic rings. The maximum absolute atomic E-state index is 10.9. The maximum atomic E-state index is 10.9. The van der Waals surface area contributed by atoms with Crippen molar-refractivity contribution >= 4 is 11.7 Å². The molecular formula is C11H21N3O2. The van der Waals surface area contributed by atoms with Crippen LogP contribution < -0.4 is 10.6 Å². The lowest BCUT2D eigenvalue weighted by molar-refractivity contribution is -0.129. The third-order valence-electron chi connectivity index (χ3n) is 2.07. The Bertz CT molecular complexity index is 314. The van der Waals surface area contributed by atoms with Gasteiger partial charge in [0, 0.05) is 19.2 Å². The molecule has 0 fully saturated rings. The third-order valence-corrected chi connectivity index (χ3v) is 2.07. The lowest BCUT2D eigenvalue weighted by Crippen LogP contribution is -2.34. The van der Waals surface area contributed by atoms with Crippen LogP contribution in [0.15, 0.2) is 11.4 Å². The molecule has 0 aliphatic carbocycles. The smallest absolute Gasteiger partial charge is 0.354 e. The Labute approximate surface area is 96.4 Å². The molecule has 0 saturated heterocycles. The highest BCUT2D eigenvalue weighted by Crippen LogP contribution is 2.27. The second kappa shape index (κ2) is 5.53. The minimum absolute atomic E-state index is 0.377. The summed E-state index contributed by atoms with van der Waals surface area (Å²) in [5, 5.41) is 22.5. The van der Waals surface area contributed by atoms with Crippen LogP contribution in [0.25, 0.3) is 0 Å². The first-order valence-electron chi connectivity index (χ1n) is 5.24. The molecule has 0 aliphatic heterocycles. The van der Waals surface area contributed by atoms with Gasteiger partial charge in [-0.1, -0.05) is 20.8 Å². The van der Waals surface area contributed by atoms with E-state index in [1.54, 1.807) is 7.05 Å². The van der Waals surface area contributed by atoms with Crippen molar-refractivity contribution in [2.45, 2.75) is 27.7 Å². The fourth-order valence-corrected chi connectivity index (χ4v) is 1.46. The van der Waals surface area contributed by atoms with Crippen LogP contribution in [0.5, 0.6) is 0 Å². The minimum atomic E-state index is -1.21. The summed E-state index contributed by atoms with van der Waals surface area (Å²) in [7, 11) is 1.71. The second-order valence-electron chi connectivity index (χ2n) is 4.46. The number of nitrogens with one attached hydrogen (secondary N) is 3. The summed E-state index contributed by atoms with van der Waals surface area (Å²) >= 11 is 0. The van der Waals surface area contributed by atoms with E-state index in [2.05, 4.69) is 10.6 Å². The minimum Gasteiger partial charge on any atom is -0.477 e. The van der Waals surface area contributed by atoms with Gasteiger partial charge in [-0.2, -0.15) is 0 Å². The van der Waals surface area contributed by atoms with Crippen molar-refractivity contribution in [1.29, 1.82) is 5.41 Å². The molecule has 5 heteroatoms. The summed E-state index contributed by atoms with van der Waals surface area (Å²) in [6.45, 7) is 8.24. The highest BCUT2D eigenvalue weighted by atomic mass is 16.4. The summed E-state index contributed by atoms with van der Waals surface area (Å²) in [4.78, 5) is 10.9. The van der Waals surface area contributed by atoms with Gasteiger partial charge in [0.15, 0.2) is 0 Å². The van der Waals surface area contributed by atoms with Crippen molar-refractivity contribution in [2.24, 2.45) is 5.41 Å². The molecule has 16 heavy (non-hydrogen) atoms. The third kappa shape index (κ3) is 3.56. The van der Waals surface area contributed by atoms with E-state index < -0.39 is 11.4 Å². The van der Waals surface area contributed by atoms with E-state index in [1.165, 1.54) is 0 Å². The van der Waals surface area contributed by atoms with Gasteiger partial charge >= 0.3 is 5.97 Å². The summed E-state index contributed by atoms with van der Waals surface area (Å²) < 4.78 is 0. The van der Waals surface area contributed by atoms with Crippen molar-refractivity contribution in [3.63, 3.8) is 0 Å². The van der Waals surface area contributed by atoms with Crippen LogP contribution in [0.2, 0.25) is 0 Å². The molecule has 0 saturated carbocycles. The summed E-state index contributed by atoms with van der Waals surface area (Å²) in [5.74, 6) is -0.613. The first-order chi connectivity index (χ1) is 7.25. The summed E-state index contributed by atoms with van der Waals surface area (Å²) in [6.07, 6.45) is 0. The first-order valence-corrected chi connectivity index (χ1v) is 5.24. The van der Waals surface area contributed by atoms with E-state index in [4.69, 9.17) is 10.5 Å². The molecule has 0 aliphatic rings. The van der Waals surface area contributed by atoms with Gasteiger partial charge in [0.2, 0.25) is 0 Å².